The van der Waals surface area contributed by atoms with Crippen LogP contribution in [0.3, 0.4) is 0 Å². The van der Waals surface area contributed by atoms with E-state index in [0.717, 1.165) is 11.3 Å². The molecule has 6 heteroatoms. The number of esters is 1. The number of nitrogens with one attached hydrogen (secondary N) is 1. The number of aromatic nitrogens is 3. The van der Waals surface area contributed by atoms with Gasteiger partial charge < -0.3 is 10.1 Å². The molecule has 2 rings (SSSR count). The van der Waals surface area contributed by atoms with Crippen LogP contribution in [-0.4, -0.2) is 27.3 Å². The monoisotopic (exact) mass is 274 g/mol. The minimum atomic E-state index is -0.352. The molecular weight excluding hydrogens is 256 g/mol. The summed E-state index contributed by atoms with van der Waals surface area (Å²) in [6.45, 7) is 4.79. The second kappa shape index (κ2) is 6.18. The van der Waals surface area contributed by atoms with E-state index in [1.165, 1.54) is 6.20 Å². The zero-order valence-electron chi connectivity index (χ0n) is 11.9. The largest absolute Gasteiger partial charge is 0.462 e. The number of rotatable bonds is 5. The summed E-state index contributed by atoms with van der Waals surface area (Å²) in [4.78, 5) is 15.7. The molecule has 0 saturated heterocycles. The molecule has 2 heterocycles. The molecule has 0 amide bonds. The molecule has 20 heavy (non-hydrogen) atoms. The van der Waals surface area contributed by atoms with Crippen molar-refractivity contribution in [2.75, 3.05) is 11.9 Å². The van der Waals surface area contributed by atoms with E-state index in [-0.39, 0.29) is 5.97 Å². The maximum atomic E-state index is 11.5. The Morgan fingerprint density at radius 2 is 2.20 bits per heavy atom. The van der Waals surface area contributed by atoms with Gasteiger partial charge in [-0.1, -0.05) is 0 Å². The van der Waals surface area contributed by atoms with Crippen LogP contribution in [0.4, 0.5) is 5.82 Å². The first kappa shape index (κ1) is 14.0. The summed E-state index contributed by atoms with van der Waals surface area (Å²) in [5.74, 6) is 0.357. The zero-order chi connectivity index (χ0) is 14.5. The van der Waals surface area contributed by atoms with E-state index >= 15 is 0 Å². The van der Waals surface area contributed by atoms with Crippen LogP contribution in [0, 0.1) is 6.92 Å². The average Bonchev–Trinajstić information content (AvgIpc) is 2.77. The number of anilines is 1. The van der Waals surface area contributed by atoms with Crippen LogP contribution < -0.4 is 5.32 Å². The molecule has 0 aliphatic carbocycles. The van der Waals surface area contributed by atoms with Crippen LogP contribution in [0.25, 0.3) is 0 Å². The molecule has 0 radical (unpaired) electrons. The van der Waals surface area contributed by atoms with Crippen LogP contribution >= 0.6 is 0 Å². The van der Waals surface area contributed by atoms with Gasteiger partial charge in [0.2, 0.25) is 0 Å². The Morgan fingerprint density at radius 3 is 2.75 bits per heavy atom. The summed E-state index contributed by atoms with van der Waals surface area (Å²) >= 11 is 0. The van der Waals surface area contributed by atoms with E-state index in [2.05, 4.69) is 15.4 Å². The zero-order valence-corrected chi connectivity index (χ0v) is 11.9. The van der Waals surface area contributed by atoms with Crippen molar-refractivity contribution >= 4 is 11.8 Å². The first-order valence-electron chi connectivity index (χ1n) is 6.46. The van der Waals surface area contributed by atoms with Gasteiger partial charge in [0.1, 0.15) is 5.82 Å². The Balaban J connectivity index is 1.97. The molecule has 0 aliphatic heterocycles. The quantitative estimate of drug-likeness (QED) is 0.843. The molecule has 6 nitrogen and oxygen atoms in total. The lowest BCUT2D eigenvalue weighted by atomic mass is 10.2. The fraction of sp³-hybridized carbons (Fsp3) is 0.357. The summed E-state index contributed by atoms with van der Waals surface area (Å²) in [5, 5.41) is 7.38. The molecule has 2 aromatic heterocycles. The summed E-state index contributed by atoms with van der Waals surface area (Å²) < 4.78 is 6.73. The highest BCUT2D eigenvalue weighted by Crippen LogP contribution is 2.10. The van der Waals surface area contributed by atoms with E-state index in [9.17, 15) is 4.79 Å². The third-order valence-electron chi connectivity index (χ3n) is 3.07. The van der Waals surface area contributed by atoms with E-state index in [0.29, 0.717) is 24.5 Å². The Bertz CT molecular complexity index is 590. The molecule has 0 bridgehead atoms. The fourth-order valence-corrected chi connectivity index (χ4v) is 1.74. The highest BCUT2D eigenvalue weighted by atomic mass is 16.5. The number of ether oxygens (including phenoxy) is 1. The van der Waals surface area contributed by atoms with Gasteiger partial charge in [0, 0.05) is 31.0 Å². The highest BCUT2D eigenvalue weighted by molar-refractivity contribution is 5.89. The SMILES string of the molecule is CCOC(=O)c1ccc(NCc2cnn(C)c2C)nc1. The van der Waals surface area contributed by atoms with Crippen molar-refractivity contribution < 1.29 is 9.53 Å². The summed E-state index contributed by atoms with van der Waals surface area (Å²) in [6.07, 6.45) is 3.34. The Kier molecular flexibility index (Phi) is 4.34. The van der Waals surface area contributed by atoms with Crippen molar-refractivity contribution in [3.63, 3.8) is 0 Å². The van der Waals surface area contributed by atoms with E-state index < -0.39 is 0 Å². The second-order valence-corrected chi connectivity index (χ2v) is 4.38. The Hall–Kier alpha value is -2.37. The third-order valence-corrected chi connectivity index (χ3v) is 3.07. The maximum absolute atomic E-state index is 11.5. The van der Waals surface area contributed by atoms with Gasteiger partial charge in [-0.15, -0.1) is 0 Å². The van der Waals surface area contributed by atoms with Gasteiger partial charge in [0.05, 0.1) is 18.4 Å². The minimum Gasteiger partial charge on any atom is -0.462 e. The van der Waals surface area contributed by atoms with Crippen LogP contribution in [0.15, 0.2) is 24.5 Å². The smallest absolute Gasteiger partial charge is 0.339 e. The number of aryl methyl sites for hydroxylation is 1. The summed E-state index contributed by atoms with van der Waals surface area (Å²) in [6, 6.07) is 3.46. The maximum Gasteiger partial charge on any atom is 0.339 e. The van der Waals surface area contributed by atoms with Gasteiger partial charge in [0.25, 0.3) is 0 Å². The predicted molar refractivity (Wildman–Crippen MR) is 75.5 cm³/mol. The van der Waals surface area contributed by atoms with Crippen LogP contribution in [0.1, 0.15) is 28.5 Å². The summed E-state index contributed by atoms with van der Waals surface area (Å²) in [5.41, 5.74) is 2.68. The van der Waals surface area contributed by atoms with Crippen molar-refractivity contribution in [1.29, 1.82) is 0 Å². The van der Waals surface area contributed by atoms with Crippen molar-refractivity contribution in [2.45, 2.75) is 20.4 Å². The van der Waals surface area contributed by atoms with E-state index in [1.807, 2.05) is 24.9 Å². The van der Waals surface area contributed by atoms with Gasteiger partial charge in [-0.2, -0.15) is 5.10 Å². The van der Waals surface area contributed by atoms with Crippen molar-refractivity contribution in [3.8, 4) is 0 Å². The normalized spacial score (nSPS) is 10.3. The topological polar surface area (TPSA) is 69.0 Å². The lowest BCUT2D eigenvalue weighted by Crippen LogP contribution is -2.07. The van der Waals surface area contributed by atoms with Crippen LogP contribution in [0.5, 0.6) is 0 Å². The van der Waals surface area contributed by atoms with Crippen molar-refractivity contribution in [1.82, 2.24) is 14.8 Å². The molecule has 0 aliphatic rings. The standard InChI is InChI=1S/C14H18N4O2/c1-4-20-14(19)11-5-6-13(15-7-11)16-8-12-9-17-18(3)10(12)2/h5-7,9H,4,8H2,1-3H3,(H,15,16). The number of nitrogens with zero attached hydrogens (tertiary/aromatic N) is 3. The van der Waals surface area contributed by atoms with Crippen LogP contribution in [-0.2, 0) is 18.3 Å². The third kappa shape index (κ3) is 3.14. The molecule has 0 spiro atoms. The van der Waals surface area contributed by atoms with Crippen molar-refractivity contribution in [3.05, 3.63) is 41.3 Å². The van der Waals surface area contributed by atoms with E-state index in [4.69, 9.17) is 4.74 Å². The number of pyridine rings is 1. The molecule has 2 aromatic rings. The minimum absolute atomic E-state index is 0.352. The van der Waals surface area contributed by atoms with Crippen molar-refractivity contribution in [2.24, 2.45) is 7.05 Å². The van der Waals surface area contributed by atoms with Gasteiger partial charge in [-0.3, -0.25) is 4.68 Å². The first-order valence-corrected chi connectivity index (χ1v) is 6.46. The van der Waals surface area contributed by atoms with E-state index in [1.54, 1.807) is 19.1 Å². The summed E-state index contributed by atoms with van der Waals surface area (Å²) in [7, 11) is 1.91. The molecule has 1 N–H and O–H groups in total. The lowest BCUT2D eigenvalue weighted by molar-refractivity contribution is 0.0526. The number of carbonyl (C=O) groups is 1. The first-order chi connectivity index (χ1) is 9.61. The number of hydrogen-bond acceptors (Lipinski definition) is 5. The average molecular weight is 274 g/mol. The van der Waals surface area contributed by atoms with Gasteiger partial charge in [-0.25, -0.2) is 9.78 Å². The number of hydrogen-bond donors (Lipinski definition) is 1. The molecule has 0 aromatic carbocycles. The highest BCUT2D eigenvalue weighted by Gasteiger charge is 2.07. The molecule has 0 atom stereocenters. The van der Waals surface area contributed by atoms with Gasteiger partial charge >= 0.3 is 5.97 Å². The fourth-order valence-electron chi connectivity index (χ4n) is 1.74. The Labute approximate surface area is 117 Å². The predicted octanol–water partition coefficient (Wildman–Crippen LogP) is 1.91. The molecule has 0 unspecified atom stereocenters. The van der Waals surface area contributed by atoms with Crippen LogP contribution in [0.2, 0.25) is 0 Å². The number of carbonyl (C=O) groups excluding carboxylic acids is 1. The molecular formula is C14H18N4O2. The molecule has 0 saturated carbocycles. The molecule has 0 fully saturated rings. The molecule has 106 valence electrons. The second-order valence-electron chi connectivity index (χ2n) is 4.38. The lowest BCUT2D eigenvalue weighted by Gasteiger charge is -2.06. The van der Waals surface area contributed by atoms with Gasteiger partial charge in [-0.05, 0) is 26.0 Å². The Morgan fingerprint density at radius 1 is 1.40 bits per heavy atom. The van der Waals surface area contributed by atoms with Gasteiger partial charge in [0.15, 0.2) is 0 Å².